The minimum absolute atomic E-state index is 0.388. The minimum atomic E-state index is -1.18. The average molecular weight is 170 g/mol. The van der Waals surface area contributed by atoms with Gasteiger partial charge in [0.25, 0.3) is 0 Å². The molecule has 5 heteroatoms. The molecule has 1 aromatic rings. The molecule has 1 rings (SSSR count). The lowest BCUT2D eigenvalue weighted by Crippen LogP contribution is -2.22. The standard InChI is InChI=1S/C7H10N2O3/c10-3-6(11)7(12)5-1-8-4-9-2-5/h1-2,4,6-7,10-12H,3H2. The van der Waals surface area contributed by atoms with Gasteiger partial charge in [0, 0.05) is 18.0 Å². The number of rotatable bonds is 3. The molecule has 0 bridgehead atoms. The molecule has 0 radical (unpaired) electrons. The second-order valence-corrected chi connectivity index (χ2v) is 2.37. The van der Waals surface area contributed by atoms with Gasteiger partial charge in [0.05, 0.1) is 6.61 Å². The van der Waals surface area contributed by atoms with Gasteiger partial charge in [0.2, 0.25) is 0 Å². The Morgan fingerprint density at radius 2 is 1.83 bits per heavy atom. The maximum absolute atomic E-state index is 9.30. The van der Waals surface area contributed by atoms with Crippen molar-refractivity contribution < 1.29 is 15.3 Å². The topological polar surface area (TPSA) is 86.5 Å². The number of hydrogen-bond donors (Lipinski definition) is 3. The monoisotopic (exact) mass is 170 g/mol. The quantitative estimate of drug-likeness (QED) is 0.534. The van der Waals surface area contributed by atoms with Crippen molar-refractivity contribution in [2.24, 2.45) is 0 Å². The lowest BCUT2D eigenvalue weighted by atomic mass is 10.1. The average Bonchev–Trinajstić information content (AvgIpc) is 2.17. The van der Waals surface area contributed by atoms with Gasteiger partial charge in [-0.2, -0.15) is 0 Å². The largest absolute Gasteiger partial charge is 0.394 e. The van der Waals surface area contributed by atoms with Crippen LogP contribution in [-0.4, -0.2) is 38.0 Å². The van der Waals surface area contributed by atoms with E-state index in [0.717, 1.165) is 0 Å². The Hall–Kier alpha value is -1.04. The van der Waals surface area contributed by atoms with Gasteiger partial charge >= 0.3 is 0 Å². The van der Waals surface area contributed by atoms with Crippen LogP contribution in [0.1, 0.15) is 11.7 Å². The molecule has 1 heterocycles. The highest BCUT2D eigenvalue weighted by atomic mass is 16.4. The van der Waals surface area contributed by atoms with Gasteiger partial charge < -0.3 is 15.3 Å². The molecule has 0 saturated heterocycles. The molecule has 0 aliphatic carbocycles. The number of aliphatic hydroxyl groups is 3. The fourth-order valence-electron chi connectivity index (χ4n) is 0.785. The lowest BCUT2D eigenvalue weighted by molar-refractivity contribution is -0.0155. The van der Waals surface area contributed by atoms with E-state index in [1.807, 2.05) is 0 Å². The zero-order chi connectivity index (χ0) is 8.97. The summed E-state index contributed by atoms with van der Waals surface area (Å²) >= 11 is 0. The smallest absolute Gasteiger partial charge is 0.115 e. The molecule has 12 heavy (non-hydrogen) atoms. The summed E-state index contributed by atoms with van der Waals surface area (Å²) in [4.78, 5) is 7.32. The molecule has 2 unspecified atom stereocenters. The Kier molecular flexibility index (Phi) is 3.09. The fraction of sp³-hybridized carbons (Fsp3) is 0.429. The normalized spacial score (nSPS) is 15.6. The SMILES string of the molecule is OCC(O)C(O)c1cncnc1. The summed E-state index contributed by atoms with van der Waals surface area (Å²) in [5.41, 5.74) is 0.388. The molecular weight excluding hydrogens is 160 g/mol. The summed E-state index contributed by atoms with van der Waals surface area (Å²) in [6.07, 6.45) is 1.78. The van der Waals surface area contributed by atoms with Gasteiger partial charge in [-0.3, -0.25) is 0 Å². The summed E-state index contributed by atoms with van der Waals surface area (Å²) in [6.45, 7) is -0.490. The van der Waals surface area contributed by atoms with E-state index in [4.69, 9.17) is 10.2 Å². The number of nitrogens with zero attached hydrogens (tertiary/aromatic N) is 2. The Labute approximate surface area is 69.3 Å². The zero-order valence-electron chi connectivity index (χ0n) is 6.33. The Balaban J connectivity index is 2.71. The van der Waals surface area contributed by atoms with E-state index in [0.29, 0.717) is 5.56 Å². The first kappa shape index (κ1) is 9.05. The van der Waals surface area contributed by atoms with Crippen molar-refractivity contribution in [2.75, 3.05) is 6.61 Å². The first-order valence-corrected chi connectivity index (χ1v) is 3.47. The van der Waals surface area contributed by atoms with Crippen LogP contribution in [0.4, 0.5) is 0 Å². The van der Waals surface area contributed by atoms with E-state index in [2.05, 4.69) is 9.97 Å². The number of aromatic nitrogens is 2. The van der Waals surface area contributed by atoms with Gasteiger partial charge in [-0.05, 0) is 0 Å². The molecule has 2 atom stereocenters. The summed E-state index contributed by atoms with van der Waals surface area (Å²) in [7, 11) is 0. The van der Waals surface area contributed by atoms with Gasteiger partial charge in [0.1, 0.15) is 18.5 Å². The zero-order valence-corrected chi connectivity index (χ0v) is 6.33. The highest BCUT2D eigenvalue weighted by Gasteiger charge is 2.17. The molecular formula is C7H10N2O3. The van der Waals surface area contributed by atoms with Crippen molar-refractivity contribution in [2.45, 2.75) is 12.2 Å². The first-order valence-electron chi connectivity index (χ1n) is 3.47. The molecule has 5 nitrogen and oxygen atoms in total. The Bertz CT molecular complexity index is 229. The predicted molar refractivity (Wildman–Crippen MR) is 40.1 cm³/mol. The van der Waals surface area contributed by atoms with Gasteiger partial charge in [-0.25, -0.2) is 9.97 Å². The molecule has 0 aliphatic heterocycles. The second-order valence-electron chi connectivity index (χ2n) is 2.37. The van der Waals surface area contributed by atoms with Crippen molar-refractivity contribution in [1.29, 1.82) is 0 Å². The van der Waals surface area contributed by atoms with Crippen molar-refractivity contribution in [1.82, 2.24) is 9.97 Å². The van der Waals surface area contributed by atoms with E-state index in [-0.39, 0.29) is 0 Å². The van der Waals surface area contributed by atoms with Crippen LogP contribution in [0, 0.1) is 0 Å². The summed E-state index contributed by atoms with van der Waals surface area (Å²) < 4.78 is 0. The van der Waals surface area contributed by atoms with Crippen LogP contribution in [0.25, 0.3) is 0 Å². The summed E-state index contributed by atoms with van der Waals surface area (Å²) in [5.74, 6) is 0. The summed E-state index contributed by atoms with van der Waals surface area (Å²) in [5, 5.41) is 26.8. The highest BCUT2D eigenvalue weighted by molar-refractivity contribution is 5.08. The molecule has 1 aromatic heterocycles. The van der Waals surface area contributed by atoms with Gasteiger partial charge in [-0.15, -0.1) is 0 Å². The van der Waals surface area contributed by atoms with Crippen LogP contribution in [0.15, 0.2) is 18.7 Å². The minimum Gasteiger partial charge on any atom is -0.394 e. The lowest BCUT2D eigenvalue weighted by Gasteiger charge is -2.14. The Morgan fingerprint density at radius 3 is 2.33 bits per heavy atom. The van der Waals surface area contributed by atoms with Gasteiger partial charge in [0.15, 0.2) is 0 Å². The van der Waals surface area contributed by atoms with E-state index in [9.17, 15) is 5.11 Å². The second kappa shape index (κ2) is 4.10. The molecule has 0 aromatic carbocycles. The van der Waals surface area contributed by atoms with Crippen LogP contribution in [-0.2, 0) is 0 Å². The molecule has 0 amide bonds. The third-order valence-electron chi connectivity index (χ3n) is 1.47. The first-order chi connectivity index (χ1) is 5.75. The van der Waals surface area contributed by atoms with Crippen LogP contribution in [0.3, 0.4) is 0 Å². The Morgan fingerprint density at radius 1 is 1.25 bits per heavy atom. The van der Waals surface area contributed by atoms with Crippen molar-refractivity contribution in [3.63, 3.8) is 0 Å². The van der Waals surface area contributed by atoms with Crippen LogP contribution in [0.2, 0.25) is 0 Å². The van der Waals surface area contributed by atoms with E-state index in [1.54, 1.807) is 0 Å². The predicted octanol–water partition coefficient (Wildman–Crippen LogP) is -1.14. The molecule has 66 valence electrons. The molecule has 0 spiro atoms. The maximum atomic E-state index is 9.30. The molecule has 0 saturated carbocycles. The van der Waals surface area contributed by atoms with E-state index < -0.39 is 18.8 Å². The molecule has 0 fully saturated rings. The van der Waals surface area contributed by atoms with Crippen LogP contribution in [0.5, 0.6) is 0 Å². The van der Waals surface area contributed by atoms with E-state index in [1.165, 1.54) is 18.7 Å². The third kappa shape index (κ3) is 1.97. The maximum Gasteiger partial charge on any atom is 0.115 e. The highest BCUT2D eigenvalue weighted by Crippen LogP contribution is 2.13. The molecule has 3 N–H and O–H groups in total. The summed E-state index contributed by atoms with van der Waals surface area (Å²) in [6, 6.07) is 0. The molecule has 0 aliphatic rings. The van der Waals surface area contributed by atoms with Crippen LogP contribution < -0.4 is 0 Å². The number of hydrogen-bond acceptors (Lipinski definition) is 5. The van der Waals surface area contributed by atoms with E-state index >= 15 is 0 Å². The van der Waals surface area contributed by atoms with Crippen LogP contribution >= 0.6 is 0 Å². The van der Waals surface area contributed by atoms with Crippen molar-refractivity contribution >= 4 is 0 Å². The number of aliphatic hydroxyl groups excluding tert-OH is 3. The third-order valence-corrected chi connectivity index (χ3v) is 1.47. The fourth-order valence-corrected chi connectivity index (χ4v) is 0.785. The van der Waals surface area contributed by atoms with Crippen molar-refractivity contribution in [3.05, 3.63) is 24.3 Å². The van der Waals surface area contributed by atoms with Gasteiger partial charge in [-0.1, -0.05) is 0 Å². The van der Waals surface area contributed by atoms with Crippen molar-refractivity contribution in [3.8, 4) is 0 Å².